The summed E-state index contributed by atoms with van der Waals surface area (Å²) in [7, 11) is 5.53. The molecule has 0 aliphatic rings. The van der Waals surface area contributed by atoms with Crippen molar-refractivity contribution in [3.8, 4) is 0 Å². The lowest BCUT2D eigenvalue weighted by Gasteiger charge is -2.31. The number of allylic oxidation sites excluding steroid dienone is 4. The topological polar surface area (TPSA) is 99.1 Å². The Balaban J connectivity index is 4.30. The molecule has 0 aliphatic carbocycles. The van der Waals surface area contributed by atoms with Crippen LogP contribution >= 0.6 is 0 Å². The first-order valence-electron chi connectivity index (χ1n) is 23.9. The molecule has 0 saturated heterocycles. The van der Waals surface area contributed by atoms with Crippen LogP contribution in [0.5, 0.6) is 0 Å². The van der Waals surface area contributed by atoms with E-state index >= 15 is 0 Å². The summed E-state index contributed by atoms with van der Waals surface area (Å²) in [5.41, 5.74) is 0. The van der Waals surface area contributed by atoms with Crippen molar-refractivity contribution in [3.05, 3.63) is 24.3 Å². The van der Waals surface area contributed by atoms with Gasteiger partial charge in [-0.3, -0.25) is 9.59 Å². The maximum atomic E-state index is 12.7. The predicted molar refractivity (Wildman–Crippen MR) is 238 cm³/mol. The number of carboxylic acid groups (broad SMARTS) is 1. The number of likely N-dealkylation sites (N-methyl/N-ethyl adjacent to an activating group) is 1. The van der Waals surface area contributed by atoms with Gasteiger partial charge in [-0.15, -0.1) is 0 Å². The zero-order chi connectivity index (χ0) is 42.1. The zero-order valence-corrected chi connectivity index (χ0v) is 38.1. The van der Waals surface area contributed by atoms with Crippen LogP contribution in [-0.4, -0.2) is 80.6 Å². The summed E-state index contributed by atoms with van der Waals surface area (Å²) in [6.45, 7) is 4.74. The smallest absolute Gasteiger partial charge is 0.362 e. The Morgan fingerprint density at radius 1 is 0.526 bits per heavy atom. The third kappa shape index (κ3) is 39.1. The predicted octanol–water partition coefficient (Wildman–Crippen LogP) is 13.3. The van der Waals surface area contributed by atoms with Crippen molar-refractivity contribution >= 4 is 17.9 Å². The highest BCUT2D eigenvalue weighted by Gasteiger charge is 2.31. The molecule has 0 aromatic carbocycles. The number of nitrogens with zero attached hydrogens (tertiary/aromatic N) is 1. The Labute approximate surface area is 351 Å². The van der Waals surface area contributed by atoms with Gasteiger partial charge in [0.2, 0.25) is 0 Å². The van der Waals surface area contributed by atoms with Crippen molar-refractivity contribution in [1.29, 1.82) is 0 Å². The van der Waals surface area contributed by atoms with Crippen LogP contribution in [0.3, 0.4) is 0 Å². The number of carboxylic acids is 1. The average Bonchev–Trinajstić information content (AvgIpc) is 3.17. The highest BCUT2D eigenvalue weighted by molar-refractivity contribution is 5.72. The van der Waals surface area contributed by atoms with Crippen molar-refractivity contribution in [2.45, 2.75) is 231 Å². The Hall–Kier alpha value is -2.19. The third-order valence-electron chi connectivity index (χ3n) is 10.9. The normalized spacial score (nSPS) is 13.1. The van der Waals surface area contributed by atoms with Gasteiger partial charge in [-0.05, 0) is 38.5 Å². The summed E-state index contributed by atoms with van der Waals surface area (Å²) in [6.07, 6.45) is 45.0. The van der Waals surface area contributed by atoms with E-state index in [4.69, 9.17) is 14.2 Å². The number of aliphatic carboxylic acids is 1. The van der Waals surface area contributed by atoms with Gasteiger partial charge in [0, 0.05) is 19.3 Å². The molecule has 57 heavy (non-hydrogen) atoms. The van der Waals surface area contributed by atoms with E-state index in [-0.39, 0.29) is 36.2 Å². The molecule has 0 bridgehead atoms. The van der Waals surface area contributed by atoms with Crippen LogP contribution in [0.25, 0.3) is 0 Å². The Morgan fingerprint density at radius 3 is 1.32 bits per heavy atom. The Kier molecular flexibility index (Phi) is 39.0. The van der Waals surface area contributed by atoms with Gasteiger partial charge in [0.15, 0.2) is 12.1 Å². The number of ether oxygens (including phenoxy) is 3. The summed E-state index contributed by atoms with van der Waals surface area (Å²) in [5, 5.41) is 9.63. The van der Waals surface area contributed by atoms with Crippen molar-refractivity contribution in [2.24, 2.45) is 0 Å². The molecule has 0 spiro atoms. The number of hydrogen-bond donors (Lipinski definition) is 1. The standard InChI is InChI=1S/C49H91NO7/c1-6-8-10-12-14-16-18-20-22-23-24-26-27-29-31-33-35-37-39-47(51)56-44-45(43-55-42-41-46(49(53)54)50(3,4)5)57-48(52)40-38-36-34-32-30-28-25-21-19-17-15-13-11-9-7-2/h22-24,26,45-46H,6-21,25,27-44H2,1-5H3/p+1/b23-22+,26-24+. The highest BCUT2D eigenvalue weighted by atomic mass is 16.6. The second-order valence-electron chi connectivity index (χ2n) is 17.4. The van der Waals surface area contributed by atoms with E-state index in [9.17, 15) is 19.5 Å². The molecule has 0 fully saturated rings. The van der Waals surface area contributed by atoms with Crippen LogP contribution in [0.2, 0.25) is 0 Å². The Morgan fingerprint density at radius 2 is 0.912 bits per heavy atom. The van der Waals surface area contributed by atoms with E-state index in [1.165, 1.54) is 128 Å². The van der Waals surface area contributed by atoms with Crippen LogP contribution in [0.1, 0.15) is 219 Å². The molecular weight excluding hydrogens is 715 g/mol. The summed E-state index contributed by atoms with van der Waals surface area (Å²) in [5.74, 6) is -1.47. The molecule has 8 heteroatoms. The lowest BCUT2D eigenvalue weighted by atomic mass is 10.0. The SMILES string of the molecule is CCCCCCCCC/C=C/C=C/CCCCCCCC(=O)OCC(COCCC(C(=O)O)[N+](C)(C)C)OC(=O)CCCCCCCCCCCCCCCCC. The molecule has 0 radical (unpaired) electrons. The summed E-state index contributed by atoms with van der Waals surface area (Å²) in [4.78, 5) is 37.0. The fraction of sp³-hybridized carbons (Fsp3) is 0.857. The van der Waals surface area contributed by atoms with Gasteiger partial charge in [-0.1, -0.05) is 186 Å². The van der Waals surface area contributed by atoms with Crippen LogP contribution in [-0.2, 0) is 28.6 Å². The largest absolute Gasteiger partial charge is 0.477 e. The molecule has 334 valence electrons. The summed E-state index contributed by atoms with van der Waals surface area (Å²) in [6, 6.07) is -0.614. The van der Waals surface area contributed by atoms with Crippen LogP contribution in [0.15, 0.2) is 24.3 Å². The van der Waals surface area contributed by atoms with E-state index < -0.39 is 18.1 Å². The first kappa shape index (κ1) is 54.8. The van der Waals surface area contributed by atoms with Crippen molar-refractivity contribution in [2.75, 3.05) is 41.0 Å². The van der Waals surface area contributed by atoms with Gasteiger partial charge in [0.25, 0.3) is 0 Å². The molecule has 2 unspecified atom stereocenters. The third-order valence-corrected chi connectivity index (χ3v) is 10.9. The van der Waals surface area contributed by atoms with Crippen molar-refractivity contribution in [1.82, 2.24) is 0 Å². The van der Waals surface area contributed by atoms with E-state index in [2.05, 4.69) is 38.2 Å². The van der Waals surface area contributed by atoms with Crippen LogP contribution in [0.4, 0.5) is 0 Å². The number of esters is 2. The first-order valence-corrected chi connectivity index (χ1v) is 23.9. The number of carbonyl (C=O) groups is 3. The van der Waals surface area contributed by atoms with E-state index in [0.29, 0.717) is 19.3 Å². The van der Waals surface area contributed by atoms with Gasteiger partial charge >= 0.3 is 17.9 Å². The molecule has 0 saturated carbocycles. The fourth-order valence-electron chi connectivity index (χ4n) is 7.14. The monoisotopic (exact) mass is 807 g/mol. The van der Waals surface area contributed by atoms with Crippen LogP contribution < -0.4 is 0 Å². The minimum atomic E-state index is -0.875. The zero-order valence-electron chi connectivity index (χ0n) is 38.1. The molecule has 0 heterocycles. The van der Waals surface area contributed by atoms with Crippen molar-refractivity contribution in [3.63, 3.8) is 0 Å². The van der Waals surface area contributed by atoms with E-state index in [1.807, 2.05) is 21.1 Å². The second-order valence-corrected chi connectivity index (χ2v) is 17.4. The minimum absolute atomic E-state index is 0.0546. The maximum Gasteiger partial charge on any atom is 0.362 e. The molecule has 0 aliphatic heterocycles. The summed E-state index contributed by atoms with van der Waals surface area (Å²) < 4.78 is 17.3. The first-order chi connectivity index (χ1) is 27.6. The van der Waals surface area contributed by atoms with Crippen LogP contribution in [0, 0.1) is 0 Å². The lowest BCUT2D eigenvalue weighted by molar-refractivity contribution is -0.887. The average molecular weight is 807 g/mol. The van der Waals surface area contributed by atoms with Gasteiger partial charge in [0.1, 0.15) is 6.61 Å². The molecule has 2 atom stereocenters. The second kappa shape index (κ2) is 40.6. The fourth-order valence-corrected chi connectivity index (χ4v) is 7.14. The van der Waals surface area contributed by atoms with Crippen molar-refractivity contribution < 1.29 is 38.2 Å². The number of hydrogen-bond acceptors (Lipinski definition) is 6. The van der Waals surface area contributed by atoms with E-state index in [1.54, 1.807) is 0 Å². The van der Waals surface area contributed by atoms with Gasteiger partial charge < -0.3 is 23.8 Å². The quantitative estimate of drug-likeness (QED) is 0.0283. The van der Waals surface area contributed by atoms with Gasteiger partial charge in [0.05, 0.1) is 34.4 Å². The Bertz CT molecular complexity index is 989. The number of rotatable bonds is 43. The van der Waals surface area contributed by atoms with E-state index in [0.717, 1.165) is 57.8 Å². The molecule has 8 nitrogen and oxygen atoms in total. The van der Waals surface area contributed by atoms with Gasteiger partial charge in [-0.2, -0.15) is 0 Å². The number of carbonyl (C=O) groups excluding carboxylic acids is 2. The maximum absolute atomic E-state index is 12.7. The molecule has 1 N–H and O–H groups in total. The summed E-state index contributed by atoms with van der Waals surface area (Å²) >= 11 is 0. The molecule has 0 rings (SSSR count). The highest BCUT2D eigenvalue weighted by Crippen LogP contribution is 2.15. The lowest BCUT2D eigenvalue weighted by Crippen LogP contribution is -2.50. The number of quaternary nitrogens is 1. The molecule has 0 aromatic heterocycles. The van der Waals surface area contributed by atoms with Gasteiger partial charge in [-0.25, -0.2) is 4.79 Å². The molecule has 0 aromatic rings. The molecule has 0 amide bonds. The molecular formula is C49H92NO7+. The number of unbranched alkanes of at least 4 members (excludes halogenated alkanes) is 26. The minimum Gasteiger partial charge on any atom is -0.477 e.